The molecular weight excluding hydrogens is 334 g/mol. The van der Waals surface area contributed by atoms with Crippen molar-refractivity contribution in [1.82, 2.24) is 4.90 Å². The largest absolute Gasteiger partial charge is 0.395 e. The number of aliphatic hydroxyl groups is 2. The first-order chi connectivity index (χ1) is 13.3. The summed E-state index contributed by atoms with van der Waals surface area (Å²) in [5.74, 6) is 0. The van der Waals surface area contributed by atoms with Crippen LogP contribution in [-0.2, 0) is 0 Å². The van der Waals surface area contributed by atoms with E-state index in [0.717, 1.165) is 0 Å². The van der Waals surface area contributed by atoms with Gasteiger partial charge in [0, 0.05) is 19.1 Å². The summed E-state index contributed by atoms with van der Waals surface area (Å²) in [5.41, 5.74) is 0. The van der Waals surface area contributed by atoms with Crippen LogP contribution in [0.15, 0.2) is 0 Å². The summed E-state index contributed by atoms with van der Waals surface area (Å²) in [6.07, 6.45) is 22.9. The third-order valence-electron chi connectivity index (χ3n) is 5.82. The number of hydrogen-bond acceptors (Lipinski definition) is 3. The monoisotopic (exact) mass is 385 g/mol. The van der Waals surface area contributed by atoms with Crippen molar-refractivity contribution in [3.05, 3.63) is 0 Å². The molecule has 0 amide bonds. The van der Waals surface area contributed by atoms with Crippen molar-refractivity contribution < 1.29 is 10.2 Å². The first-order valence-electron chi connectivity index (χ1n) is 12.3. The molecule has 0 saturated heterocycles. The van der Waals surface area contributed by atoms with E-state index in [0.29, 0.717) is 19.1 Å². The number of unbranched alkanes of at least 4 members (excludes halogenated alkanes) is 13. The molecule has 0 bridgehead atoms. The standard InChI is InChI=1S/C24H51NO2/c1-3-5-7-9-10-11-12-13-15-17-19-24(18-16-14-8-6-4-2)25(20-22-26)21-23-27/h24,26-27H,3-23H2,1-2H3. The van der Waals surface area contributed by atoms with Crippen molar-refractivity contribution in [2.24, 2.45) is 0 Å². The van der Waals surface area contributed by atoms with Gasteiger partial charge in [-0.3, -0.25) is 4.90 Å². The molecular formula is C24H51NO2. The Hall–Kier alpha value is -0.120. The molecule has 0 fully saturated rings. The van der Waals surface area contributed by atoms with Gasteiger partial charge in [0.05, 0.1) is 13.2 Å². The molecule has 0 aromatic heterocycles. The molecule has 0 heterocycles. The molecule has 1 atom stereocenters. The summed E-state index contributed by atoms with van der Waals surface area (Å²) in [4.78, 5) is 2.33. The van der Waals surface area contributed by atoms with Crippen molar-refractivity contribution in [3.63, 3.8) is 0 Å². The SMILES string of the molecule is CCCCCCCCCCCCC(CCCCCCC)N(CCO)CCO. The minimum absolute atomic E-state index is 0.199. The number of rotatable bonds is 22. The summed E-state index contributed by atoms with van der Waals surface area (Å²) in [5, 5.41) is 18.8. The molecule has 0 aromatic rings. The van der Waals surface area contributed by atoms with Gasteiger partial charge >= 0.3 is 0 Å². The second-order valence-corrected chi connectivity index (χ2v) is 8.31. The second kappa shape index (κ2) is 22.2. The lowest BCUT2D eigenvalue weighted by Crippen LogP contribution is -2.39. The molecule has 0 saturated carbocycles. The Balaban J connectivity index is 3.96. The Labute approximate surface area is 170 Å². The molecule has 0 aliphatic heterocycles. The predicted molar refractivity (Wildman–Crippen MR) is 119 cm³/mol. The molecule has 3 nitrogen and oxygen atoms in total. The molecule has 1 unspecified atom stereocenters. The highest BCUT2D eigenvalue weighted by atomic mass is 16.3. The van der Waals surface area contributed by atoms with E-state index in [1.807, 2.05) is 0 Å². The van der Waals surface area contributed by atoms with Crippen molar-refractivity contribution in [2.45, 2.75) is 129 Å². The van der Waals surface area contributed by atoms with Crippen LogP contribution in [0, 0.1) is 0 Å². The van der Waals surface area contributed by atoms with Crippen molar-refractivity contribution >= 4 is 0 Å². The first kappa shape index (κ1) is 26.9. The van der Waals surface area contributed by atoms with E-state index in [4.69, 9.17) is 0 Å². The van der Waals surface area contributed by atoms with Crippen LogP contribution in [0.5, 0.6) is 0 Å². The highest BCUT2D eigenvalue weighted by Gasteiger charge is 2.17. The van der Waals surface area contributed by atoms with Gasteiger partial charge in [-0.05, 0) is 12.8 Å². The Bertz CT molecular complexity index is 267. The summed E-state index contributed by atoms with van der Waals surface area (Å²) in [7, 11) is 0. The third-order valence-corrected chi connectivity index (χ3v) is 5.82. The average molecular weight is 386 g/mol. The van der Waals surface area contributed by atoms with E-state index >= 15 is 0 Å². The molecule has 2 N–H and O–H groups in total. The average Bonchev–Trinajstić information content (AvgIpc) is 2.67. The minimum Gasteiger partial charge on any atom is -0.395 e. The highest BCUT2D eigenvalue weighted by Crippen LogP contribution is 2.19. The van der Waals surface area contributed by atoms with E-state index < -0.39 is 0 Å². The second-order valence-electron chi connectivity index (χ2n) is 8.31. The van der Waals surface area contributed by atoms with E-state index in [9.17, 15) is 10.2 Å². The first-order valence-corrected chi connectivity index (χ1v) is 12.3. The maximum Gasteiger partial charge on any atom is 0.0558 e. The quantitative estimate of drug-likeness (QED) is 0.214. The van der Waals surface area contributed by atoms with Crippen LogP contribution in [0.25, 0.3) is 0 Å². The van der Waals surface area contributed by atoms with Crippen LogP contribution in [0.3, 0.4) is 0 Å². The van der Waals surface area contributed by atoms with Crippen molar-refractivity contribution in [2.75, 3.05) is 26.3 Å². The van der Waals surface area contributed by atoms with Crippen molar-refractivity contribution in [3.8, 4) is 0 Å². The minimum atomic E-state index is 0.199. The zero-order valence-electron chi connectivity index (χ0n) is 18.8. The van der Waals surface area contributed by atoms with E-state index in [1.54, 1.807) is 0 Å². The zero-order valence-corrected chi connectivity index (χ0v) is 18.8. The van der Waals surface area contributed by atoms with E-state index in [2.05, 4.69) is 18.7 Å². The van der Waals surface area contributed by atoms with Gasteiger partial charge in [-0.15, -0.1) is 0 Å². The lowest BCUT2D eigenvalue weighted by atomic mass is 9.98. The zero-order chi connectivity index (χ0) is 20.0. The molecule has 0 aromatic carbocycles. The predicted octanol–water partition coefficient (Wildman–Crippen LogP) is 6.31. The van der Waals surface area contributed by atoms with E-state index in [-0.39, 0.29) is 13.2 Å². The Morgan fingerprint density at radius 3 is 1.19 bits per heavy atom. The smallest absolute Gasteiger partial charge is 0.0558 e. The van der Waals surface area contributed by atoms with Gasteiger partial charge in [-0.2, -0.15) is 0 Å². The van der Waals surface area contributed by atoms with Crippen LogP contribution >= 0.6 is 0 Å². The summed E-state index contributed by atoms with van der Waals surface area (Å²) in [6.45, 7) is 6.35. The Morgan fingerprint density at radius 2 is 0.852 bits per heavy atom. The molecule has 27 heavy (non-hydrogen) atoms. The highest BCUT2D eigenvalue weighted by molar-refractivity contribution is 4.72. The molecule has 0 rings (SSSR count). The summed E-state index contributed by atoms with van der Waals surface area (Å²) < 4.78 is 0. The molecule has 0 aliphatic rings. The lowest BCUT2D eigenvalue weighted by molar-refractivity contribution is 0.109. The normalized spacial score (nSPS) is 12.8. The number of aliphatic hydroxyl groups excluding tert-OH is 2. The van der Waals surface area contributed by atoms with Crippen LogP contribution in [0.1, 0.15) is 123 Å². The van der Waals surface area contributed by atoms with Gasteiger partial charge in [0.2, 0.25) is 0 Å². The molecule has 164 valence electrons. The fourth-order valence-electron chi connectivity index (χ4n) is 4.09. The van der Waals surface area contributed by atoms with Crippen LogP contribution in [0.2, 0.25) is 0 Å². The maximum absolute atomic E-state index is 9.38. The fraction of sp³-hybridized carbons (Fsp3) is 1.00. The summed E-state index contributed by atoms with van der Waals surface area (Å²) in [6, 6.07) is 0.542. The van der Waals surface area contributed by atoms with Gasteiger partial charge in [0.1, 0.15) is 0 Å². The van der Waals surface area contributed by atoms with Gasteiger partial charge < -0.3 is 10.2 Å². The van der Waals surface area contributed by atoms with Gasteiger partial charge in [-0.1, -0.05) is 110 Å². The van der Waals surface area contributed by atoms with Crippen LogP contribution < -0.4 is 0 Å². The number of hydrogen-bond donors (Lipinski definition) is 2. The van der Waals surface area contributed by atoms with Gasteiger partial charge in [0.15, 0.2) is 0 Å². The Kier molecular flexibility index (Phi) is 22.1. The van der Waals surface area contributed by atoms with Gasteiger partial charge in [-0.25, -0.2) is 0 Å². The molecule has 0 aliphatic carbocycles. The summed E-state index contributed by atoms with van der Waals surface area (Å²) >= 11 is 0. The van der Waals surface area contributed by atoms with Crippen molar-refractivity contribution in [1.29, 1.82) is 0 Å². The van der Waals surface area contributed by atoms with Crippen LogP contribution in [-0.4, -0.2) is 47.5 Å². The Morgan fingerprint density at radius 1 is 0.519 bits per heavy atom. The maximum atomic E-state index is 9.38. The lowest BCUT2D eigenvalue weighted by Gasteiger charge is -2.31. The molecule has 0 radical (unpaired) electrons. The fourth-order valence-corrected chi connectivity index (χ4v) is 4.09. The topological polar surface area (TPSA) is 43.7 Å². The van der Waals surface area contributed by atoms with Crippen LogP contribution in [0.4, 0.5) is 0 Å². The molecule has 3 heteroatoms. The van der Waals surface area contributed by atoms with Gasteiger partial charge in [0.25, 0.3) is 0 Å². The van der Waals surface area contributed by atoms with E-state index in [1.165, 1.54) is 109 Å². The number of nitrogens with zero attached hydrogens (tertiary/aromatic N) is 1. The third kappa shape index (κ3) is 17.7. The molecule has 0 spiro atoms.